The highest BCUT2D eigenvalue weighted by Crippen LogP contribution is 2.66. The molecule has 0 heterocycles. The second kappa shape index (κ2) is 7.26. The Hall–Kier alpha value is -1.11. The van der Waals surface area contributed by atoms with Gasteiger partial charge in [-0.3, -0.25) is 0 Å². The number of hydrogen-bond acceptors (Lipinski definition) is 1. The molecule has 0 saturated heterocycles. The van der Waals surface area contributed by atoms with Crippen LogP contribution < -0.4 is 10.6 Å². The summed E-state index contributed by atoms with van der Waals surface area (Å²) in [7, 11) is -0.412. The molecule has 3 saturated carbocycles. The van der Waals surface area contributed by atoms with Crippen LogP contribution in [0, 0.1) is 23.2 Å². The predicted molar refractivity (Wildman–Crippen MR) is 109 cm³/mol. The summed E-state index contributed by atoms with van der Waals surface area (Å²) in [5, 5.41) is 13.2. The second-order valence-corrected chi connectivity index (χ2v) is 10.5. The normalized spacial score (nSPS) is 29.6. The third-order valence-electron chi connectivity index (χ3n) is 6.69. The summed E-state index contributed by atoms with van der Waals surface area (Å²) in [4.78, 5) is 0. The molecule has 5 rings (SSSR count). The summed E-state index contributed by atoms with van der Waals surface area (Å²) in [6.45, 7) is 5.17. The van der Waals surface area contributed by atoms with E-state index in [-0.39, 0.29) is 8.41 Å². The lowest BCUT2D eigenvalue weighted by Gasteiger charge is -2.63. The van der Waals surface area contributed by atoms with E-state index >= 15 is 0 Å². The predicted octanol–water partition coefficient (Wildman–Crippen LogP) is 3.78. The van der Waals surface area contributed by atoms with Crippen LogP contribution in [0.25, 0.3) is 0 Å². The Bertz CT molecular complexity index is 648. The maximum atomic E-state index is 10.2. The molecule has 3 aliphatic rings. The first-order valence-electron chi connectivity index (χ1n) is 9.13. The molecule has 25 heavy (non-hydrogen) atoms. The smallest absolute Gasteiger partial charge is 0.0468 e. The van der Waals surface area contributed by atoms with Crippen molar-refractivity contribution in [3.05, 3.63) is 60.7 Å². The number of benzene rings is 2. The molecular weight excluding hydrogens is 322 g/mol. The molecule has 0 aliphatic heterocycles. The largest absolute Gasteiger partial charge is 0.396 e. The minimum Gasteiger partial charge on any atom is -0.396 e. The van der Waals surface area contributed by atoms with E-state index in [1.807, 2.05) is 0 Å². The second-order valence-electron chi connectivity index (χ2n) is 8.05. The third-order valence-corrected chi connectivity index (χ3v) is 9.66. The minimum absolute atomic E-state index is 0. The zero-order chi connectivity index (χ0) is 16.7. The SMILES string of the molecule is CC1(C)[C@H]2C[C@H](P(c3ccccc3)c3ccccc3)[C@H](CO)[C@@H]1C2.[B]. The maximum absolute atomic E-state index is 10.2. The molecule has 3 radical (unpaired) electrons. The fourth-order valence-corrected chi connectivity index (χ4v) is 8.37. The van der Waals surface area contributed by atoms with Crippen LogP contribution in [-0.2, 0) is 0 Å². The van der Waals surface area contributed by atoms with Gasteiger partial charge in [0, 0.05) is 15.0 Å². The first-order valence-corrected chi connectivity index (χ1v) is 10.5. The topological polar surface area (TPSA) is 20.2 Å². The molecule has 0 amide bonds. The van der Waals surface area contributed by atoms with Gasteiger partial charge in [-0.2, -0.15) is 0 Å². The average molecular weight is 349 g/mol. The van der Waals surface area contributed by atoms with E-state index in [2.05, 4.69) is 74.5 Å². The van der Waals surface area contributed by atoms with Crippen LogP contribution in [0.2, 0.25) is 0 Å². The summed E-state index contributed by atoms with van der Waals surface area (Å²) in [5.41, 5.74) is 1.02. The van der Waals surface area contributed by atoms with Crippen molar-refractivity contribution in [2.45, 2.75) is 32.3 Å². The van der Waals surface area contributed by atoms with Gasteiger partial charge in [0.15, 0.2) is 0 Å². The quantitative estimate of drug-likeness (QED) is 0.658. The molecule has 3 aliphatic carbocycles. The van der Waals surface area contributed by atoms with Gasteiger partial charge in [-0.25, -0.2) is 0 Å². The van der Waals surface area contributed by atoms with E-state index in [1.165, 1.54) is 23.5 Å². The van der Waals surface area contributed by atoms with Crippen molar-refractivity contribution in [3.63, 3.8) is 0 Å². The number of rotatable bonds is 4. The number of hydrogen-bond donors (Lipinski definition) is 1. The fourth-order valence-electron chi connectivity index (χ4n) is 5.17. The van der Waals surface area contributed by atoms with Crippen LogP contribution in [-0.4, -0.2) is 25.8 Å². The first-order chi connectivity index (χ1) is 11.6. The van der Waals surface area contributed by atoms with Crippen LogP contribution in [0.4, 0.5) is 0 Å². The molecule has 129 valence electrons. The standard InChI is InChI=1S/C22H27OP.B/c1-22(2)16-13-20(22)19(15-23)21(14-16)24(17-9-5-3-6-10-17)18-11-7-4-8-12-18;/h3-12,16,19-21,23H,13-15H2,1-2H3;/t16-,19-,20+,21+;/m1./s1. The molecular formula is C22H27BOP. The van der Waals surface area contributed by atoms with Gasteiger partial charge in [-0.1, -0.05) is 74.5 Å². The minimum atomic E-state index is -0.412. The highest BCUT2D eigenvalue weighted by Gasteiger charge is 2.58. The Balaban J connectivity index is 0.00000182. The number of aliphatic hydroxyl groups excluding tert-OH is 1. The Kier molecular flexibility index (Phi) is 5.42. The van der Waals surface area contributed by atoms with Crippen LogP contribution in [0.3, 0.4) is 0 Å². The molecule has 4 atom stereocenters. The molecule has 3 heteroatoms. The van der Waals surface area contributed by atoms with Crippen LogP contribution >= 0.6 is 7.92 Å². The molecule has 0 unspecified atom stereocenters. The number of aliphatic hydroxyl groups is 1. The Labute approximate surface area is 155 Å². The number of fused-ring (bicyclic) bond motifs is 2. The third kappa shape index (κ3) is 3.09. The monoisotopic (exact) mass is 349 g/mol. The van der Waals surface area contributed by atoms with E-state index in [9.17, 15) is 5.11 Å². The highest BCUT2D eigenvalue weighted by molar-refractivity contribution is 7.73. The van der Waals surface area contributed by atoms with Crippen molar-refractivity contribution in [3.8, 4) is 0 Å². The molecule has 2 aromatic rings. The van der Waals surface area contributed by atoms with Crippen molar-refractivity contribution in [1.82, 2.24) is 0 Å². The summed E-state index contributed by atoms with van der Waals surface area (Å²) < 4.78 is 0. The molecule has 1 N–H and O–H groups in total. The van der Waals surface area contributed by atoms with Gasteiger partial charge in [0.1, 0.15) is 0 Å². The van der Waals surface area contributed by atoms with Gasteiger partial charge in [0.25, 0.3) is 0 Å². The molecule has 3 fully saturated rings. The highest BCUT2D eigenvalue weighted by atomic mass is 31.1. The van der Waals surface area contributed by atoms with Gasteiger partial charge in [0.05, 0.1) is 0 Å². The van der Waals surface area contributed by atoms with E-state index in [1.54, 1.807) is 0 Å². The van der Waals surface area contributed by atoms with Crippen LogP contribution in [0.1, 0.15) is 26.7 Å². The zero-order valence-electron chi connectivity index (χ0n) is 15.2. The van der Waals surface area contributed by atoms with Crippen molar-refractivity contribution in [1.29, 1.82) is 0 Å². The van der Waals surface area contributed by atoms with Gasteiger partial charge in [-0.15, -0.1) is 0 Å². The van der Waals surface area contributed by atoms with E-state index in [0.29, 0.717) is 29.5 Å². The van der Waals surface area contributed by atoms with Crippen molar-refractivity contribution >= 4 is 26.9 Å². The lowest BCUT2D eigenvalue weighted by atomic mass is 9.45. The summed E-state index contributed by atoms with van der Waals surface area (Å²) >= 11 is 0. The fraction of sp³-hybridized carbons (Fsp3) is 0.455. The molecule has 0 aromatic heterocycles. The van der Waals surface area contributed by atoms with Gasteiger partial charge in [-0.05, 0) is 60.2 Å². The lowest BCUT2D eigenvalue weighted by Crippen LogP contribution is -2.58. The first kappa shape index (κ1) is 18.7. The van der Waals surface area contributed by atoms with Crippen molar-refractivity contribution in [2.75, 3.05) is 6.61 Å². The molecule has 0 spiro atoms. The molecule has 2 bridgehead atoms. The Morgan fingerprint density at radius 3 is 1.88 bits per heavy atom. The lowest BCUT2D eigenvalue weighted by molar-refractivity contribution is -0.113. The summed E-state index contributed by atoms with van der Waals surface area (Å²) in [5.74, 6) is 1.95. The van der Waals surface area contributed by atoms with Crippen molar-refractivity contribution in [2.24, 2.45) is 23.2 Å². The maximum Gasteiger partial charge on any atom is 0.0468 e. The van der Waals surface area contributed by atoms with E-state index in [4.69, 9.17) is 0 Å². The van der Waals surface area contributed by atoms with Gasteiger partial charge in [0.2, 0.25) is 0 Å². The van der Waals surface area contributed by atoms with Gasteiger partial charge >= 0.3 is 0 Å². The van der Waals surface area contributed by atoms with Crippen molar-refractivity contribution < 1.29 is 5.11 Å². The van der Waals surface area contributed by atoms with E-state index in [0.717, 1.165) is 5.92 Å². The Morgan fingerprint density at radius 1 is 0.920 bits per heavy atom. The molecule has 1 nitrogen and oxygen atoms in total. The van der Waals surface area contributed by atoms with Gasteiger partial charge < -0.3 is 5.11 Å². The van der Waals surface area contributed by atoms with E-state index < -0.39 is 7.92 Å². The summed E-state index contributed by atoms with van der Waals surface area (Å²) in [6.07, 6.45) is 2.59. The summed E-state index contributed by atoms with van der Waals surface area (Å²) in [6, 6.07) is 22.0. The van der Waals surface area contributed by atoms with Crippen LogP contribution in [0.5, 0.6) is 0 Å². The van der Waals surface area contributed by atoms with Crippen LogP contribution in [0.15, 0.2) is 60.7 Å². The Morgan fingerprint density at radius 2 is 1.44 bits per heavy atom. The average Bonchev–Trinajstić information content (AvgIpc) is 2.63. The zero-order valence-corrected chi connectivity index (χ0v) is 16.1. The molecule has 2 aromatic carbocycles.